The van der Waals surface area contributed by atoms with Gasteiger partial charge in [-0.15, -0.1) is 0 Å². The molecule has 0 fully saturated rings. The fourth-order valence-electron chi connectivity index (χ4n) is 1.48. The van der Waals surface area contributed by atoms with E-state index >= 15 is 0 Å². The van der Waals surface area contributed by atoms with E-state index in [1.165, 1.54) is 19.2 Å². The van der Waals surface area contributed by atoms with Gasteiger partial charge in [0.1, 0.15) is 4.90 Å². The number of sulfonamides is 1. The summed E-state index contributed by atoms with van der Waals surface area (Å²) in [7, 11) is -2.26. The van der Waals surface area contributed by atoms with Crippen molar-refractivity contribution < 1.29 is 18.3 Å². The summed E-state index contributed by atoms with van der Waals surface area (Å²) in [6, 6.07) is 4.55. The van der Waals surface area contributed by atoms with E-state index in [1.807, 2.05) is 0 Å². The zero-order valence-electron chi connectivity index (χ0n) is 10.3. The quantitative estimate of drug-likeness (QED) is 0.791. The van der Waals surface area contributed by atoms with Crippen LogP contribution >= 0.6 is 27.5 Å². The lowest BCUT2D eigenvalue weighted by molar-refractivity contribution is 0.168. The molecule has 0 atom stereocenters. The fraction of sp³-hybridized carbons (Fsp3) is 0.455. The van der Waals surface area contributed by atoms with Gasteiger partial charge in [-0.1, -0.05) is 27.5 Å². The number of aliphatic hydroxyl groups is 1. The van der Waals surface area contributed by atoms with Crippen molar-refractivity contribution in [1.82, 2.24) is 4.31 Å². The van der Waals surface area contributed by atoms with Gasteiger partial charge in [0, 0.05) is 24.7 Å². The lowest BCUT2D eigenvalue weighted by Crippen LogP contribution is -2.36. The van der Waals surface area contributed by atoms with Gasteiger partial charge >= 0.3 is 0 Å². The number of halogens is 2. The molecule has 0 amide bonds. The number of methoxy groups -OCH3 is 1. The molecule has 0 unspecified atom stereocenters. The number of ether oxygens (including phenoxy) is 1. The number of hydrogen-bond acceptors (Lipinski definition) is 4. The number of hydrogen-bond donors (Lipinski definition) is 1. The van der Waals surface area contributed by atoms with Gasteiger partial charge in [0.05, 0.1) is 18.2 Å². The van der Waals surface area contributed by atoms with Crippen molar-refractivity contribution in [1.29, 1.82) is 0 Å². The van der Waals surface area contributed by atoms with E-state index in [0.717, 1.165) is 4.31 Å². The molecule has 0 aliphatic rings. The first-order valence-electron chi connectivity index (χ1n) is 5.48. The average Bonchev–Trinajstić information content (AvgIpc) is 2.33. The first-order chi connectivity index (χ1) is 8.93. The predicted molar refractivity (Wildman–Crippen MR) is 76.9 cm³/mol. The Kier molecular flexibility index (Phi) is 6.72. The molecule has 0 radical (unpaired) electrons. The molecule has 0 spiro atoms. The minimum absolute atomic E-state index is 0.00190. The van der Waals surface area contributed by atoms with Crippen LogP contribution < -0.4 is 0 Å². The van der Waals surface area contributed by atoms with Gasteiger partial charge in [-0.3, -0.25) is 0 Å². The maximum absolute atomic E-state index is 12.4. The Morgan fingerprint density at radius 2 is 2.11 bits per heavy atom. The number of rotatable bonds is 7. The van der Waals surface area contributed by atoms with E-state index in [0.29, 0.717) is 4.47 Å². The molecule has 0 heterocycles. The van der Waals surface area contributed by atoms with Crippen LogP contribution in [0, 0.1) is 0 Å². The summed E-state index contributed by atoms with van der Waals surface area (Å²) < 4.78 is 31.6. The van der Waals surface area contributed by atoms with Crippen LogP contribution in [0.25, 0.3) is 0 Å². The molecule has 0 saturated heterocycles. The molecule has 5 nitrogen and oxygen atoms in total. The van der Waals surface area contributed by atoms with Crippen molar-refractivity contribution in [3.63, 3.8) is 0 Å². The number of benzene rings is 1. The zero-order chi connectivity index (χ0) is 14.5. The molecule has 8 heteroatoms. The van der Waals surface area contributed by atoms with E-state index in [2.05, 4.69) is 15.9 Å². The summed E-state index contributed by atoms with van der Waals surface area (Å²) in [4.78, 5) is 0.0157. The van der Waals surface area contributed by atoms with Crippen molar-refractivity contribution >= 4 is 37.6 Å². The van der Waals surface area contributed by atoms with Gasteiger partial charge in [0.25, 0.3) is 0 Å². The Morgan fingerprint density at radius 3 is 2.63 bits per heavy atom. The maximum Gasteiger partial charge on any atom is 0.244 e. The Balaban J connectivity index is 3.11. The van der Waals surface area contributed by atoms with Gasteiger partial charge < -0.3 is 9.84 Å². The summed E-state index contributed by atoms with van der Waals surface area (Å²) in [6.45, 7) is 0.133. The summed E-state index contributed by atoms with van der Waals surface area (Å²) in [6.07, 6.45) is 0. The summed E-state index contributed by atoms with van der Waals surface area (Å²) >= 11 is 9.18. The van der Waals surface area contributed by atoms with Crippen LogP contribution in [0.1, 0.15) is 0 Å². The van der Waals surface area contributed by atoms with E-state index in [4.69, 9.17) is 21.4 Å². The van der Waals surface area contributed by atoms with Crippen molar-refractivity contribution in [2.45, 2.75) is 4.90 Å². The molecule has 108 valence electrons. The minimum Gasteiger partial charge on any atom is -0.395 e. The molecule has 1 rings (SSSR count). The third kappa shape index (κ3) is 4.40. The highest BCUT2D eigenvalue weighted by molar-refractivity contribution is 9.10. The van der Waals surface area contributed by atoms with Crippen LogP contribution in [0.2, 0.25) is 5.02 Å². The van der Waals surface area contributed by atoms with E-state index in [-0.39, 0.29) is 36.2 Å². The molecule has 0 saturated carbocycles. The lowest BCUT2D eigenvalue weighted by atomic mass is 10.4. The van der Waals surface area contributed by atoms with Gasteiger partial charge in [-0.05, 0) is 18.2 Å². The first-order valence-corrected chi connectivity index (χ1v) is 8.09. The van der Waals surface area contributed by atoms with Crippen LogP contribution in [0.5, 0.6) is 0 Å². The molecule has 0 bridgehead atoms. The van der Waals surface area contributed by atoms with Gasteiger partial charge in [-0.25, -0.2) is 8.42 Å². The number of nitrogens with zero attached hydrogens (tertiary/aromatic N) is 1. The molecule has 1 aromatic rings. The largest absolute Gasteiger partial charge is 0.395 e. The molecular weight excluding hydrogens is 358 g/mol. The Morgan fingerprint density at radius 1 is 1.42 bits per heavy atom. The second-order valence-corrected chi connectivity index (χ2v) is 6.92. The topological polar surface area (TPSA) is 66.8 Å². The monoisotopic (exact) mass is 371 g/mol. The SMILES string of the molecule is COCCN(CCO)S(=O)(=O)c1ccc(Br)cc1Cl. The van der Waals surface area contributed by atoms with E-state index in [9.17, 15) is 8.42 Å². The van der Waals surface area contributed by atoms with Crippen molar-refractivity contribution in [2.24, 2.45) is 0 Å². The normalized spacial score (nSPS) is 12.1. The smallest absolute Gasteiger partial charge is 0.244 e. The van der Waals surface area contributed by atoms with E-state index in [1.54, 1.807) is 6.07 Å². The van der Waals surface area contributed by atoms with Gasteiger partial charge in [0.15, 0.2) is 0 Å². The lowest BCUT2D eigenvalue weighted by Gasteiger charge is -2.21. The van der Waals surface area contributed by atoms with Crippen LogP contribution in [0.4, 0.5) is 0 Å². The predicted octanol–water partition coefficient (Wildman–Crippen LogP) is 1.73. The fourth-order valence-corrected chi connectivity index (χ4v) is 3.91. The van der Waals surface area contributed by atoms with Gasteiger partial charge in [0.2, 0.25) is 10.0 Å². The molecule has 19 heavy (non-hydrogen) atoms. The maximum atomic E-state index is 12.4. The summed E-state index contributed by atoms with van der Waals surface area (Å²) in [5, 5.41) is 9.11. The van der Waals surface area contributed by atoms with Gasteiger partial charge in [-0.2, -0.15) is 4.31 Å². The molecule has 1 N–H and O–H groups in total. The highest BCUT2D eigenvalue weighted by atomic mass is 79.9. The first kappa shape index (κ1) is 16.9. The standard InChI is InChI=1S/C11H15BrClNO4S/c1-18-7-5-14(4-6-15)19(16,17)11-3-2-9(12)8-10(11)13/h2-3,8,15H,4-7H2,1H3. The third-order valence-corrected chi connectivity index (χ3v) is 5.28. The second kappa shape index (κ2) is 7.56. The zero-order valence-corrected chi connectivity index (χ0v) is 13.5. The summed E-state index contributed by atoms with van der Waals surface area (Å²) in [5.74, 6) is 0. The second-order valence-electron chi connectivity index (χ2n) is 3.70. The summed E-state index contributed by atoms with van der Waals surface area (Å²) in [5.41, 5.74) is 0. The van der Waals surface area contributed by atoms with Crippen LogP contribution in [-0.2, 0) is 14.8 Å². The molecule has 0 aromatic heterocycles. The van der Waals surface area contributed by atoms with Crippen LogP contribution in [0.15, 0.2) is 27.6 Å². The molecule has 0 aliphatic carbocycles. The number of aliphatic hydroxyl groups excluding tert-OH is 1. The van der Waals surface area contributed by atoms with Crippen molar-refractivity contribution in [2.75, 3.05) is 33.4 Å². The molecular formula is C11H15BrClNO4S. The van der Waals surface area contributed by atoms with Crippen molar-refractivity contribution in [3.8, 4) is 0 Å². The van der Waals surface area contributed by atoms with Crippen LogP contribution in [-0.4, -0.2) is 51.2 Å². The highest BCUT2D eigenvalue weighted by Crippen LogP contribution is 2.27. The Labute approximate surface area is 126 Å². The third-order valence-electron chi connectivity index (χ3n) is 2.41. The minimum atomic E-state index is -3.74. The Bertz CT molecular complexity index is 523. The molecule has 1 aromatic carbocycles. The average molecular weight is 373 g/mol. The van der Waals surface area contributed by atoms with E-state index < -0.39 is 10.0 Å². The Hall–Kier alpha value is -0.180. The van der Waals surface area contributed by atoms with Crippen molar-refractivity contribution in [3.05, 3.63) is 27.7 Å². The van der Waals surface area contributed by atoms with Crippen LogP contribution in [0.3, 0.4) is 0 Å². The highest BCUT2D eigenvalue weighted by Gasteiger charge is 2.26. The molecule has 0 aliphatic heterocycles.